The van der Waals surface area contributed by atoms with Crippen molar-refractivity contribution in [2.75, 3.05) is 19.7 Å². The zero-order chi connectivity index (χ0) is 17.1. The van der Waals surface area contributed by atoms with Crippen LogP contribution in [0.1, 0.15) is 36.7 Å². The van der Waals surface area contributed by atoms with E-state index in [-0.39, 0.29) is 18.3 Å². The molecule has 6 heteroatoms. The first kappa shape index (κ1) is 17.0. The minimum Gasteiger partial charge on any atom is -0.466 e. The molecule has 1 fully saturated rings. The van der Waals surface area contributed by atoms with Gasteiger partial charge in [0, 0.05) is 18.5 Å². The number of esters is 1. The molecule has 1 aromatic carbocycles. The Labute approximate surface area is 149 Å². The number of para-hydroxylation sites is 1. The smallest absolute Gasteiger partial charge is 0.307 e. The number of fused-ring (bicyclic) bond motifs is 1. The number of furan rings is 1. The zero-order valence-electron chi connectivity index (χ0n) is 13.6. The highest BCUT2D eigenvalue weighted by atomic mass is 79.9. The number of ether oxygens (including phenoxy) is 1. The molecule has 1 aliphatic rings. The van der Waals surface area contributed by atoms with Crippen molar-refractivity contribution in [2.45, 2.75) is 26.2 Å². The van der Waals surface area contributed by atoms with Gasteiger partial charge in [-0.2, -0.15) is 0 Å². The predicted molar refractivity (Wildman–Crippen MR) is 93.8 cm³/mol. The highest BCUT2D eigenvalue weighted by Gasteiger charge is 2.29. The predicted octanol–water partition coefficient (Wildman–Crippen LogP) is 4.00. The van der Waals surface area contributed by atoms with Crippen LogP contribution in [0.25, 0.3) is 11.0 Å². The van der Waals surface area contributed by atoms with Gasteiger partial charge in [0.1, 0.15) is 5.58 Å². The van der Waals surface area contributed by atoms with E-state index >= 15 is 0 Å². The molecule has 3 rings (SSSR count). The summed E-state index contributed by atoms with van der Waals surface area (Å²) in [6, 6.07) is 7.44. The molecule has 0 radical (unpaired) electrons. The maximum atomic E-state index is 12.8. The van der Waals surface area contributed by atoms with Gasteiger partial charge in [0.15, 0.2) is 5.76 Å². The van der Waals surface area contributed by atoms with Crippen LogP contribution >= 0.6 is 15.9 Å². The Morgan fingerprint density at radius 1 is 1.38 bits per heavy atom. The van der Waals surface area contributed by atoms with Gasteiger partial charge in [-0.1, -0.05) is 12.1 Å². The van der Waals surface area contributed by atoms with Crippen molar-refractivity contribution in [1.29, 1.82) is 0 Å². The lowest BCUT2D eigenvalue weighted by Crippen LogP contribution is -2.34. The first-order chi connectivity index (χ1) is 11.6. The lowest BCUT2D eigenvalue weighted by atomic mass is 10.2. The fourth-order valence-corrected chi connectivity index (χ4v) is 3.10. The number of hydrogen-bond donors (Lipinski definition) is 0. The average molecular weight is 394 g/mol. The second-order valence-corrected chi connectivity index (χ2v) is 6.87. The molecule has 128 valence electrons. The molecule has 0 aliphatic heterocycles. The summed E-state index contributed by atoms with van der Waals surface area (Å²) in [5, 5.41) is 0.879. The molecule has 0 atom stereocenters. The third-order valence-corrected chi connectivity index (χ3v) is 4.69. The summed E-state index contributed by atoms with van der Waals surface area (Å²) >= 11 is 3.43. The maximum Gasteiger partial charge on any atom is 0.307 e. The van der Waals surface area contributed by atoms with E-state index in [9.17, 15) is 9.59 Å². The number of carbonyl (C=O) groups is 2. The van der Waals surface area contributed by atoms with Crippen LogP contribution in [-0.2, 0) is 9.53 Å². The highest BCUT2D eigenvalue weighted by molar-refractivity contribution is 9.10. The van der Waals surface area contributed by atoms with Crippen LogP contribution in [0.5, 0.6) is 0 Å². The Balaban J connectivity index is 1.75. The van der Waals surface area contributed by atoms with Gasteiger partial charge >= 0.3 is 5.97 Å². The second-order valence-electron chi connectivity index (χ2n) is 6.02. The fourth-order valence-electron chi connectivity index (χ4n) is 2.64. The van der Waals surface area contributed by atoms with E-state index in [0.717, 1.165) is 22.7 Å². The van der Waals surface area contributed by atoms with Crippen molar-refractivity contribution in [3.8, 4) is 0 Å². The van der Waals surface area contributed by atoms with E-state index in [0.29, 0.717) is 37.0 Å². The molecule has 2 aromatic rings. The molecule has 0 unspecified atom stereocenters. The molecule has 0 spiro atoms. The molecule has 1 heterocycles. The van der Waals surface area contributed by atoms with Crippen LogP contribution in [0.2, 0.25) is 0 Å². The number of halogens is 1. The van der Waals surface area contributed by atoms with Crippen molar-refractivity contribution in [3.63, 3.8) is 0 Å². The molecule has 5 nitrogen and oxygen atoms in total. The first-order valence-electron chi connectivity index (χ1n) is 8.21. The topological polar surface area (TPSA) is 59.8 Å². The molecule has 24 heavy (non-hydrogen) atoms. The minimum atomic E-state index is -0.279. The largest absolute Gasteiger partial charge is 0.466 e. The van der Waals surface area contributed by atoms with Crippen molar-refractivity contribution < 1.29 is 18.7 Å². The van der Waals surface area contributed by atoms with Gasteiger partial charge in [-0.3, -0.25) is 9.59 Å². The van der Waals surface area contributed by atoms with Crippen molar-refractivity contribution in [1.82, 2.24) is 4.90 Å². The lowest BCUT2D eigenvalue weighted by molar-refractivity contribution is -0.143. The highest BCUT2D eigenvalue weighted by Crippen LogP contribution is 2.31. The number of amides is 1. The Bertz CT molecular complexity index is 751. The van der Waals surface area contributed by atoms with E-state index in [4.69, 9.17) is 9.15 Å². The van der Waals surface area contributed by atoms with Crippen LogP contribution in [-0.4, -0.2) is 36.5 Å². The minimum absolute atomic E-state index is 0.172. The van der Waals surface area contributed by atoms with E-state index in [2.05, 4.69) is 15.9 Å². The van der Waals surface area contributed by atoms with Crippen LogP contribution in [0.4, 0.5) is 0 Å². The van der Waals surface area contributed by atoms with Gasteiger partial charge in [0.05, 0.1) is 17.5 Å². The van der Waals surface area contributed by atoms with Gasteiger partial charge in [-0.05, 0) is 53.7 Å². The van der Waals surface area contributed by atoms with Crippen LogP contribution < -0.4 is 0 Å². The van der Waals surface area contributed by atoms with Crippen molar-refractivity contribution >= 4 is 38.8 Å². The zero-order valence-corrected chi connectivity index (χ0v) is 15.2. The summed E-state index contributed by atoms with van der Waals surface area (Å²) in [4.78, 5) is 26.1. The SMILES string of the molecule is CCOC(=O)CCN(CC1CC1)C(=O)c1cc2cccc(Br)c2o1. The van der Waals surface area contributed by atoms with Crippen molar-refractivity contribution in [2.24, 2.45) is 5.92 Å². The normalized spacial score (nSPS) is 13.9. The summed E-state index contributed by atoms with van der Waals surface area (Å²) in [6.07, 6.45) is 2.47. The number of rotatable bonds is 7. The van der Waals surface area contributed by atoms with Gasteiger partial charge in [0.2, 0.25) is 0 Å². The van der Waals surface area contributed by atoms with E-state index in [1.807, 2.05) is 18.2 Å². The summed E-state index contributed by atoms with van der Waals surface area (Å²) in [5.74, 6) is 0.390. The van der Waals surface area contributed by atoms with Crippen LogP contribution in [0.15, 0.2) is 33.2 Å². The van der Waals surface area contributed by atoms with E-state index < -0.39 is 0 Å². The molecule has 0 saturated heterocycles. The van der Waals surface area contributed by atoms with Crippen LogP contribution in [0.3, 0.4) is 0 Å². The molecule has 1 amide bonds. The lowest BCUT2D eigenvalue weighted by Gasteiger charge is -2.21. The molecular formula is C18H20BrNO4. The maximum absolute atomic E-state index is 12.8. The molecule has 1 aliphatic carbocycles. The molecule has 0 N–H and O–H groups in total. The Hall–Kier alpha value is -1.82. The first-order valence-corrected chi connectivity index (χ1v) is 9.00. The fraction of sp³-hybridized carbons (Fsp3) is 0.444. The molecule has 1 saturated carbocycles. The monoisotopic (exact) mass is 393 g/mol. The standard InChI is InChI=1S/C18H20BrNO4/c1-2-23-16(21)8-9-20(11-12-6-7-12)18(22)15-10-13-4-3-5-14(19)17(13)24-15/h3-5,10,12H,2,6-9,11H2,1H3. The number of carbonyl (C=O) groups excluding carboxylic acids is 2. The summed E-state index contributed by atoms with van der Waals surface area (Å²) < 4.78 is 11.5. The van der Waals surface area contributed by atoms with Gasteiger partial charge in [-0.15, -0.1) is 0 Å². The van der Waals surface area contributed by atoms with E-state index in [1.54, 1.807) is 17.9 Å². The Kier molecular flexibility index (Phi) is 5.23. The molecular weight excluding hydrogens is 374 g/mol. The van der Waals surface area contributed by atoms with Gasteiger partial charge < -0.3 is 14.1 Å². The van der Waals surface area contributed by atoms with Gasteiger partial charge in [0.25, 0.3) is 5.91 Å². The van der Waals surface area contributed by atoms with Gasteiger partial charge in [-0.25, -0.2) is 0 Å². The Morgan fingerprint density at radius 2 is 2.17 bits per heavy atom. The quantitative estimate of drug-likeness (QED) is 0.666. The number of hydrogen-bond acceptors (Lipinski definition) is 4. The summed E-state index contributed by atoms with van der Waals surface area (Å²) in [6.45, 7) is 3.15. The third kappa shape index (κ3) is 3.98. The average Bonchev–Trinajstić information content (AvgIpc) is 3.26. The Morgan fingerprint density at radius 3 is 2.83 bits per heavy atom. The van der Waals surface area contributed by atoms with Crippen LogP contribution in [0, 0.1) is 5.92 Å². The third-order valence-electron chi connectivity index (χ3n) is 4.06. The molecule has 0 bridgehead atoms. The summed E-state index contributed by atoms with van der Waals surface area (Å²) in [7, 11) is 0. The van der Waals surface area contributed by atoms with E-state index in [1.165, 1.54) is 0 Å². The van der Waals surface area contributed by atoms with Crippen molar-refractivity contribution in [3.05, 3.63) is 34.5 Å². The number of benzene rings is 1. The molecule has 1 aromatic heterocycles. The number of nitrogens with zero attached hydrogens (tertiary/aromatic N) is 1. The second kappa shape index (κ2) is 7.38. The summed E-state index contributed by atoms with van der Waals surface area (Å²) in [5.41, 5.74) is 0.664.